The Morgan fingerprint density at radius 3 is 2.41 bits per heavy atom. The van der Waals surface area contributed by atoms with Crippen molar-refractivity contribution in [2.24, 2.45) is 5.92 Å². The van der Waals surface area contributed by atoms with Crippen LogP contribution in [0.5, 0.6) is 17.2 Å². The van der Waals surface area contributed by atoms with E-state index in [2.05, 4.69) is 13.8 Å². The minimum atomic E-state index is -0.0512. The van der Waals surface area contributed by atoms with Gasteiger partial charge in [0.05, 0.1) is 27.1 Å². The quantitative estimate of drug-likeness (QED) is 0.805. The van der Waals surface area contributed by atoms with Crippen LogP contribution in [0.15, 0.2) is 12.1 Å². The van der Waals surface area contributed by atoms with Crippen LogP contribution >= 0.6 is 11.8 Å². The number of nitrogens with zero attached hydrogens (tertiary/aromatic N) is 1. The van der Waals surface area contributed by atoms with Crippen molar-refractivity contribution >= 4 is 17.7 Å². The summed E-state index contributed by atoms with van der Waals surface area (Å²) in [7, 11) is 4.79. The zero-order chi connectivity index (χ0) is 16.3. The molecule has 1 heterocycles. The number of methoxy groups -OCH3 is 3. The molecule has 0 saturated carbocycles. The molecular formula is C16H23NO4S. The normalized spacial score (nSPS) is 18.0. The molecule has 0 aromatic heterocycles. The molecule has 1 aromatic carbocycles. The van der Waals surface area contributed by atoms with Crippen molar-refractivity contribution in [3.05, 3.63) is 17.7 Å². The smallest absolute Gasteiger partial charge is 0.233 e. The average Bonchev–Trinajstić information content (AvgIpc) is 2.85. The van der Waals surface area contributed by atoms with Crippen LogP contribution in [-0.2, 0) is 4.79 Å². The van der Waals surface area contributed by atoms with Crippen LogP contribution in [0.2, 0.25) is 0 Å². The lowest BCUT2D eigenvalue weighted by Crippen LogP contribution is -2.31. The Labute approximate surface area is 135 Å². The maximum atomic E-state index is 12.2. The van der Waals surface area contributed by atoms with Crippen LogP contribution in [0.1, 0.15) is 24.8 Å². The number of rotatable bonds is 6. The number of carbonyl (C=O) groups excluding carboxylic acids is 1. The molecule has 1 atom stereocenters. The third-order valence-electron chi connectivity index (χ3n) is 3.53. The molecule has 0 N–H and O–H groups in total. The third-order valence-corrected chi connectivity index (χ3v) is 4.77. The molecule has 22 heavy (non-hydrogen) atoms. The van der Waals surface area contributed by atoms with E-state index in [-0.39, 0.29) is 11.3 Å². The Morgan fingerprint density at radius 1 is 1.18 bits per heavy atom. The largest absolute Gasteiger partial charge is 0.493 e. The van der Waals surface area contributed by atoms with Crippen molar-refractivity contribution in [1.29, 1.82) is 0 Å². The van der Waals surface area contributed by atoms with Gasteiger partial charge in [-0.05, 0) is 18.1 Å². The lowest BCUT2D eigenvalue weighted by Gasteiger charge is -2.27. The first kappa shape index (κ1) is 16.8. The van der Waals surface area contributed by atoms with Crippen LogP contribution in [0, 0.1) is 5.92 Å². The first-order valence-corrected chi connectivity index (χ1v) is 8.28. The number of amides is 1. The van der Waals surface area contributed by atoms with Gasteiger partial charge in [0.1, 0.15) is 5.37 Å². The monoisotopic (exact) mass is 325 g/mol. The van der Waals surface area contributed by atoms with Crippen LogP contribution < -0.4 is 14.2 Å². The summed E-state index contributed by atoms with van der Waals surface area (Å²) >= 11 is 1.62. The summed E-state index contributed by atoms with van der Waals surface area (Å²) in [4.78, 5) is 14.1. The van der Waals surface area contributed by atoms with Gasteiger partial charge in [0.25, 0.3) is 0 Å². The van der Waals surface area contributed by atoms with Gasteiger partial charge in [-0.25, -0.2) is 0 Å². The van der Waals surface area contributed by atoms with E-state index in [1.807, 2.05) is 17.0 Å². The molecule has 1 unspecified atom stereocenters. The Morgan fingerprint density at radius 2 is 1.86 bits per heavy atom. The van der Waals surface area contributed by atoms with Gasteiger partial charge in [0.15, 0.2) is 11.5 Å². The number of thioether (sulfide) groups is 1. The molecule has 0 radical (unpaired) electrons. The van der Waals surface area contributed by atoms with Crippen molar-refractivity contribution in [2.45, 2.75) is 19.2 Å². The summed E-state index contributed by atoms with van der Waals surface area (Å²) in [6.07, 6.45) is 0. The Hall–Kier alpha value is -1.56. The number of benzene rings is 1. The van der Waals surface area contributed by atoms with Gasteiger partial charge < -0.3 is 19.1 Å². The minimum absolute atomic E-state index is 0.0512. The fraction of sp³-hybridized carbons (Fsp3) is 0.562. The van der Waals surface area contributed by atoms with Gasteiger partial charge >= 0.3 is 0 Å². The third kappa shape index (κ3) is 3.11. The predicted molar refractivity (Wildman–Crippen MR) is 87.8 cm³/mol. The first-order chi connectivity index (χ1) is 10.5. The van der Waals surface area contributed by atoms with Crippen molar-refractivity contribution in [3.63, 3.8) is 0 Å². The van der Waals surface area contributed by atoms with Crippen LogP contribution in [0.4, 0.5) is 0 Å². The van der Waals surface area contributed by atoms with E-state index >= 15 is 0 Å². The predicted octanol–water partition coefficient (Wildman–Crippen LogP) is 2.94. The molecule has 1 saturated heterocycles. The number of hydrogen-bond acceptors (Lipinski definition) is 5. The van der Waals surface area contributed by atoms with E-state index in [1.54, 1.807) is 33.1 Å². The highest BCUT2D eigenvalue weighted by Crippen LogP contribution is 2.48. The summed E-state index contributed by atoms with van der Waals surface area (Å²) in [6, 6.07) is 3.80. The highest BCUT2D eigenvalue weighted by atomic mass is 32.2. The molecule has 1 aliphatic rings. The second-order valence-corrected chi connectivity index (χ2v) is 6.60. The van der Waals surface area contributed by atoms with E-state index < -0.39 is 0 Å². The van der Waals surface area contributed by atoms with E-state index in [1.165, 1.54) is 0 Å². The SMILES string of the molecule is COc1ccc(C2SCC(=O)N2CC(C)C)c(OC)c1OC. The van der Waals surface area contributed by atoms with E-state index in [0.717, 1.165) is 12.1 Å². The van der Waals surface area contributed by atoms with Crippen LogP contribution in [0.3, 0.4) is 0 Å². The van der Waals surface area contributed by atoms with Crippen molar-refractivity contribution < 1.29 is 19.0 Å². The molecular weight excluding hydrogens is 302 g/mol. The van der Waals surface area contributed by atoms with E-state index in [0.29, 0.717) is 28.9 Å². The van der Waals surface area contributed by atoms with Gasteiger partial charge in [-0.1, -0.05) is 13.8 Å². The maximum Gasteiger partial charge on any atom is 0.233 e. The van der Waals surface area contributed by atoms with Gasteiger partial charge in [0, 0.05) is 12.1 Å². The fourth-order valence-electron chi connectivity index (χ4n) is 2.62. The second-order valence-electron chi connectivity index (χ2n) is 5.53. The molecule has 1 fully saturated rings. The zero-order valence-electron chi connectivity index (χ0n) is 13.7. The summed E-state index contributed by atoms with van der Waals surface area (Å²) < 4.78 is 16.3. The Kier molecular flexibility index (Phi) is 5.45. The van der Waals surface area contributed by atoms with Gasteiger partial charge in [-0.3, -0.25) is 4.79 Å². The molecule has 1 aliphatic heterocycles. The number of carbonyl (C=O) groups is 1. The van der Waals surface area contributed by atoms with Crippen molar-refractivity contribution in [3.8, 4) is 17.2 Å². The summed E-state index contributed by atoms with van der Waals surface area (Å²) in [5.41, 5.74) is 0.941. The van der Waals surface area contributed by atoms with Crippen LogP contribution in [-0.4, -0.2) is 44.4 Å². The Bertz CT molecular complexity index is 547. The molecule has 0 spiro atoms. The van der Waals surface area contributed by atoms with Gasteiger partial charge in [0.2, 0.25) is 11.7 Å². The molecule has 6 heteroatoms. The lowest BCUT2D eigenvalue weighted by atomic mass is 10.1. The van der Waals surface area contributed by atoms with E-state index in [9.17, 15) is 4.79 Å². The zero-order valence-corrected chi connectivity index (χ0v) is 14.5. The first-order valence-electron chi connectivity index (χ1n) is 7.23. The van der Waals surface area contributed by atoms with Crippen LogP contribution in [0.25, 0.3) is 0 Å². The maximum absolute atomic E-state index is 12.2. The molecule has 1 aromatic rings. The highest BCUT2D eigenvalue weighted by Gasteiger charge is 2.36. The lowest BCUT2D eigenvalue weighted by molar-refractivity contribution is -0.128. The molecule has 0 bridgehead atoms. The fourth-order valence-corrected chi connectivity index (χ4v) is 3.84. The molecule has 1 amide bonds. The summed E-state index contributed by atoms with van der Waals surface area (Å²) in [5, 5.41) is -0.0512. The highest BCUT2D eigenvalue weighted by molar-refractivity contribution is 8.00. The number of ether oxygens (including phenoxy) is 3. The average molecular weight is 325 g/mol. The second kappa shape index (κ2) is 7.13. The van der Waals surface area contributed by atoms with Gasteiger partial charge in [-0.15, -0.1) is 11.8 Å². The van der Waals surface area contributed by atoms with E-state index in [4.69, 9.17) is 14.2 Å². The molecule has 5 nitrogen and oxygen atoms in total. The topological polar surface area (TPSA) is 48.0 Å². The van der Waals surface area contributed by atoms with Crippen molar-refractivity contribution in [1.82, 2.24) is 4.90 Å². The Balaban J connectivity index is 2.45. The van der Waals surface area contributed by atoms with Crippen molar-refractivity contribution in [2.75, 3.05) is 33.6 Å². The van der Waals surface area contributed by atoms with Gasteiger partial charge in [-0.2, -0.15) is 0 Å². The summed E-state index contributed by atoms with van der Waals surface area (Å²) in [6.45, 7) is 4.95. The molecule has 2 rings (SSSR count). The summed E-state index contributed by atoms with van der Waals surface area (Å²) in [5.74, 6) is 2.88. The minimum Gasteiger partial charge on any atom is -0.493 e. The molecule has 0 aliphatic carbocycles. The number of hydrogen-bond donors (Lipinski definition) is 0. The molecule has 122 valence electrons. The standard InChI is InChI=1S/C16H23NO4S/c1-10(2)8-17-13(18)9-22-16(17)11-6-7-12(19-3)15(21-5)14(11)20-4/h6-7,10,16H,8-9H2,1-5H3.